The Morgan fingerprint density at radius 2 is 1.56 bits per heavy atom. The first-order valence-electron chi connectivity index (χ1n) is 7.80. The van der Waals surface area contributed by atoms with Crippen LogP contribution in [0.15, 0.2) is 42.5 Å². The van der Waals surface area contributed by atoms with Crippen molar-refractivity contribution >= 4 is 11.9 Å². The van der Waals surface area contributed by atoms with Crippen LogP contribution in [-0.2, 0) is 0 Å². The zero-order valence-corrected chi connectivity index (χ0v) is 13.8. The van der Waals surface area contributed by atoms with Crippen molar-refractivity contribution in [3.8, 4) is 22.8 Å². The van der Waals surface area contributed by atoms with Crippen LogP contribution >= 0.6 is 0 Å². The van der Waals surface area contributed by atoms with E-state index in [9.17, 15) is 0 Å². The predicted octanol–water partition coefficient (Wildman–Crippen LogP) is 3.01. The molecule has 3 N–H and O–H groups in total. The summed E-state index contributed by atoms with van der Waals surface area (Å²) in [5.74, 6) is 1.45. The van der Waals surface area contributed by atoms with Crippen molar-refractivity contribution in [2.24, 2.45) is 0 Å². The Hall–Kier alpha value is -3.55. The van der Waals surface area contributed by atoms with E-state index in [1.165, 1.54) is 0 Å². The Labute approximate surface area is 143 Å². The molecule has 0 fully saturated rings. The summed E-state index contributed by atoms with van der Waals surface area (Å²) in [4.78, 5) is 13.1. The number of anilines is 2. The molecule has 0 amide bonds. The van der Waals surface area contributed by atoms with Gasteiger partial charge in [0.25, 0.3) is 0 Å². The average Bonchev–Trinajstić information content (AvgIpc) is 3.24. The summed E-state index contributed by atoms with van der Waals surface area (Å²) < 4.78 is 0. The van der Waals surface area contributed by atoms with E-state index in [0.717, 1.165) is 28.3 Å². The van der Waals surface area contributed by atoms with E-state index in [1.807, 2.05) is 56.3 Å². The second-order valence-corrected chi connectivity index (χ2v) is 5.64. The van der Waals surface area contributed by atoms with Gasteiger partial charge in [0.05, 0.1) is 5.69 Å². The number of H-pyrrole nitrogens is 2. The van der Waals surface area contributed by atoms with E-state index in [-0.39, 0.29) is 0 Å². The van der Waals surface area contributed by atoms with E-state index in [2.05, 4.69) is 40.7 Å². The van der Waals surface area contributed by atoms with Gasteiger partial charge in [-0.2, -0.15) is 10.1 Å². The van der Waals surface area contributed by atoms with Crippen molar-refractivity contribution in [3.63, 3.8) is 0 Å². The van der Waals surface area contributed by atoms with Crippen molar-refractivity contribution in [2.45, 2.75) is 13.8 Å². The first-order valence-corrected chi connectivity index (χ1v) is 7.80. The van der Waals surface area contributed by atoms with E-state index in [0.29, 0.717) is 17.7 Å². The van der Waals surface area contributed by atoms with Crippen LogP contribution in [0, 0.1) is 13.8 Å². The van der Waals surface area contributed by atoms with Gasteiger partial charge >= 0.3 is 0 Å². The Morgan fingerprint density at radius 1 is 0.800 bits per heavy atom. The molecule has 124 valence electrons. The number of hydrogen-bond donors (Lipinski definition) is 3. The topological polar surface area (TPSA) is 108 Å². The monoisotopic (exact) mass is 332 g/mol. The lowest BCUT2D eigenvalue weighted by Gasteiger charge is -2.02. The normalized spacial score (nSPS) is 10.8. The molecule has 0 aliphatic heterocycles. The quantitative estimate of drug-likeness (QED) is 0.530. The maximum absolute atomic E-state index is 4.41. The van der Waals surface area contributed by atoms with Gasteiger partial charge < -0.3 is 0 Å². The molecule has 0 unspecified atom stereocenters. The maximum Gasteiger partial charge on any atom is 0.249 e. The van der Waals surface area contributed by atoms with Crippen LogP contribution < -0.4 is 5.32 Å². The Morgan fingerprint density at radius 3 is 2.32 bits per heavy atom. The van der Waals surface area contributed by atoms with Gasteiger partial charge in [0, 0.05) is 17.0 Å². The van der Waals surface area contributed by atoms with Crippen LogP contribution in [0.2, 0.25) is 0 Å². The summed E-state index contributed by atoms with van der Waals surface area (Å²) in [6, 6.07) is 13.8. The first-order chi connectivity index (χ1) is 12.2. The van der Waals surface area contributed by atoms with E-state index in [1.54, 1.807) is 0 Å². The minimum absolute atomic E-state index is 0.399. The minimum Gasteiger partial charge on any atom is -0.291 e. The van der Waals surface area contributed by atoms with Crippen LogP contribution in [0.5, 0.6) is 0 Å². The third-order valence-electron chi connectivity index (χ3n) is 3.59. The number of aryl methyl sites for hydroxylation is 2. The van der Waals surface area contributed by atoms with Crippen molar-refractivity contribution < 1.29 is 0 Å². The number of nitrogens with zero attached hydrogens (tertiary/aromatic N) is 5. The molecule has 0 aliphatic rings. The number of nitrogens with one attached hydrogen (secondary N) is 3. The summed E-state index contributed by atoms with van der Waals surface area (Å²) >= 11 is 0. The fourth-order valence-electron chi connectivity index (χ4n) is 2.52. The number of benzene rings is 1. The summed E-state index contributed by atoms with van der Waals surface area (Å²) in [5, 5.41) is 17.3. The number of hydrogen-bond acceptors (Lipinski definition) is 6. The van der Waals surface area contributed by atoms with Gasteiger partial charge in [-0.1, -0.05) is 30.3 Å². The van der Waals surface area contributed by atoms with Gasteiger partial charge in [0.2, 0.25) is 11.9 Å². The zero-order valence-electron chi connectivity index (χ0n) is 13.8. The highest BCUT2D eigenvalue weighted by Crippen LogP contribution is 2.22. The fourth-order valence-corrected chi connectivity index (χ4v) is 2.52. The minimum atomic E-state index is 0.399. The van der Waals surface area contributed by atoms with E-state index < -0.39 is 0 Å². The van der Waals surface area contributed by atoms with Gasteiger partial charge in [0.15, 0.2) is 5.82 Å². The smallest absolute Gasteiger partial charge is 0.249 e. The molecule has 8 heteroatoms. The third kappa shape index (κ3) is 3.23. The molecular formula is C17H16N8. The Balaban J connectivity index is 1.56. The lowest BCUT2D eigenvalue weighted by molar-refractivity contribution is 1.03. The number of rotatable bonds is 4. The second-order valence-electron chi connectivity index (χ2n) is 5.64. The van der Waals surface area contributed by atoms with Gasteiger partial charge in [-0.3, -0.25) is 15.5 Å². The molecule has 0 bridgehead atoms. The van der Waals surface area contributed by atoms with E-state index >= 15 is 0 Å². The molecule has 3 aromatic heterocycles. The molecule has 4 rings (SSSR count). The van der Waals surface area contributed by atoms with E-state index in [4.69, 9.17) is 0 Å². The molecule has 4 aromatic rings. The first kappa shape index (κ1) is 15.0. The zero-order chi connectivity index (χ0) is 17.2. The molecule has 3 heterocycles. The molecule has 0 aliphatic carbocycles. The van der Waals surface area contributed by atoms with Crippen LogP contribution in [0.3, 0.4) is 0 Å². The average molecular weight is 332 g/mol. The molecule has 1 aromatic carbocycles. The molecule has 0 atom stereocenters. The molecule has 0 spiro atoms. The number of aromatic amines is 2. The summed E-state index contributed by atoms with van der Waals surface area (Å²) in [6.07, 6.45) is 0. The van der Waals surface area contributed by atoms with Crippen LogP contribution in [0.25, 0.3) is 22.8 Å². The van der Waals surface area contributed by atoms with Crippen molar-refractivity contribution in [2.75, 3.05) is 5.32 Å². The molecule has 0 saturated heterocycles. The summed E-state index contributed by atoms with van der Waals surface area (Å²) in [5.41, 5.74) is 4.39. The summed E-state index contributed by atoms with van der Waals surface area (Å²) in [6.45, 7) is 3.83. The van der Waals surface area contributed by atoms with Crippen molar-refractivity contribution in [1.82, 2.24) is 35.3 Å². The molecular weight excluding hydrogens is 316 g/mol. The van der Waals surface area contributed by atoms with Crippen molar-refractivity contribution in [1.29, 1.82) is 0 Å². The molecule has 0 radical (unpaired) electrons. The standard InChI is InChI=1S/C17H16N8/c1-10-8-11(2)19-16(18-10)21-17-20-15(24-25-17)14-9-13(22-23-14)12-6-4-3-5-7-12/h3-9H,1-2H3,(H,22,23)(H2,18,19,20,21,24,25). The largest absolute Gasteiger partial charge is 0.291 e. The lowest BCUT2D eigenvalue weighted by Crippen LogP contribution is -2.01. The van der Waals surface area contributed by atoms with Gasteiger partial charge in [-0.25, -0.2) is 9.97 Å². The molecule has 0 saturated carbocycles. The van der Waals surface area contributed by atoms with Gasteiger partial charge in [-0.15, -0.1) is 5.10 Å². The van der Waals surface area contributed by atoms with Crippen LogP contribution in [0.1, 0.15) is 11.4 Å². The highest BCUT2D eigenvalue weighted by atomic mass is 15.3. The summed E-state index contributed by atoms with van der Waals surface area (Å²) in [7, 11) is 0. The van der Waals surface area contributed by atoms with Gasteiger partial charge in [0.1, 0.15) is 5.69 Å². The Bertz CT molecular complexity index is 982. The Kier molecular flexibility index (Phi) is 3.70. The third-order valence-corrected chi connectivity index (χ3v) is 3.59. The highest BCUT2D eigenvalue weighted by Gasteiger charge is 2.11. The second kappa shape index (κ2) is 6.16. The maximum atomic E-state index is 4.41. The predicted molar refractivity (Wildman–Crippen MR) is 94.2 cm³/mol. The highest BCUT2D eigenvalue weighted by molar-refractivity contribution is 5.65. The van der Waals surface area contributed by atoms with Crippen LogP contribution in [-0.4, -0.2) is 35.3 Å². The lowest BCUT2D eigenvalue weighted by atomic mass is 10.1. The van der Waals surface area contributed by atoms with Crippen molar-refractivity contribution in [3.05, 3.63) is 53.9 Å². The van der Waals surface area contributed by atoms with Gasteiger partial charge in [-0.05, 0) is 26.0 Å². The number of aromatic nitrogens is 7. The molecule has 25 heavy (non-hydrogen) atoms. The van der Waals surface area contributed by atoms with Crippen LogP contribution in [0.4, 0.5) is 11.9 Å². The molecule has 8 nitrogen and oxygen atoms in total. The SMILES string of the molecule is Cc1cc(C)nc(Nc2n[nH]c(-c3cc(-c4ccccc4)n[nH]3)n2)n1. The fraction of sp³-hybridized carbons (Fsp3) is 0.118.